The summed E-state index contributed by atoms with van der Waals surface area (Å²) in [6.07, 6.45) is 1.36. The monoisotopic (exact) mass is 370 g/mol. The number of aromatic nitrogens is 2. The van der Waals surface area contributed by atoms with Gasteiger partial charge in [0.15, 0.2) is 5.03 Å². The van der Waals surface area contributed by atoms with E-state index in [1.807, 2.05) is 0 Å². The molecule has 0 N–H and O–H groups in total. The van der Waals surface area contributed by atoms with Crippen LogP contribution in [-0.4, -0.2) is 65.5 Å². The maximum atomic E-state index is 12.5. The topological polar surface area (TPSA) is 58.4 Å². The summed E-state index contributed by atoms with van der Waals surface area (Å²) in [4.78, 5) is 2.23. The highest BCUT2D eigenvalue weighted by molar-refractivity contribution is 9.09. The summed E-state index contributed by atoms with van der Waals surface area (Å²) in [6.45, 7) is 3.37. The predicted molar refractivity (Wildman–Crippen MR) is 77.2 cm³/mol. The van der Waals surface area contributed by atoms with Gasteiger partial charge >= 0.3 is 0 Å². The van der Waals surface area contributed by atoms with Crippen LogP contribution in [0.1, 0.15) is 0 Å². The minimum atomic E-state index is -3.55. The largest absolute Gasteiger partial charge is 0.300 e. The zero-order valence-corrected chi connectivity index (χ0v) is 13.7. The molecule has 9 heteroatoms. The molecule has 108 valence electrons. The molecule has 0 radical (unpaired) electrons. The van der Waals surface area contributed by atoms with Gasteiger partial charge in [0.1, 0.15) is 0 Å². The Bertz CT molecular complexity index is 520. The van der Waals surface area contributed by atoms with Crippen molar-refractivity contribution in [3.8, 4) is 0 Å². The molecule has 0 aromatic carbocycles. The molecule has 1 aromatic heterocycles. The third-order valence-electron chi connectivity index (χ3n) is 3.16. The summed E-state index contributed by atoms with van der Waals surface area (Å²) in [5.41, 5.74) is 0. The van der Waals surface area contributed by atoms with Crippen LogP contribution in [0.25, 0.3) is 0 Å². The molecular formula is C10H16BrClN4O2S. The zero-order chi connectivity index (χ0) is 14.0. The average molecular weight is 372 g/mol. The van der Waals surface area contributed by atoms with Crippen molar-refractivity contribution in [3.63, 3.8) is 0 Å². The molecule has 0 spiro atoms. The summed E-state index contributed by atoms with van der Waals surface area (Å²) in [6, 6.07) is 0. The number of aryl methyl sites for hydroxylation is 1. The van der Waals surface area contributed by atoms with Crippen LogP contribution in [0.4, 0.5) is 0 Å². The first-order valence-corrected chi connectivity index (χ1v) is 8.86. The minimum absolute atomic E-state index is 0.0723. The standard InChI is InChI=1S/C10H16BrClN4O2S/c1-14-10(9(12)8-13-14)19(17,18)16-6-4-15(3-2-11)5-7-16/h8H,2-7H2,1H3. The van der Waals surface area contributed by atoms with Crippen LogP contribution < -0.4 is 0 Å². The second-order valence-corrected chi connectivity index (χ2v) is 7.41. The van der Waals surface area contributed by atoms with Crippen LogP contribution in [-0.2, 0) is 17.1 Å². The van der Waals surface area contributed by atoms with Gasteiger partial charge in [-0.1, -0.05) is 27.5 Å². The Hall–Kier alpha value is -0.150. The maximum Gasteiger partial charge on any atom is 0.261 e. The molecule has 1 aromatic rings. The molecule has 0 aliphatic carbocycles. The number of rotatable bonds is 4. The van der Waals surface area contributed by atoms with Gasteiger partial charge in [0.05, 0.1) is 11.2 Å². The maximum absolute atomic E-state index is 12.5. The normalized spacial score (nSPS) is 18.9. The average Bonchev–Trinajstić information content (AvgIpc) is 2.70. The highest BCUT2D eigenvalue weighted by Crippen LogP contribution is 2.24. The number of sulfonamides is 1. The number of nitrogens with zero attached hydrogens (tertiary/aromatic N) is 4. The molecule has 0 saturated carbocycles. The van der Waals surface area contributed by atoms with Crippen molar-refractivity contribution < 1.29 is 8.42 Å². The number of hydrogen-bond donors (Lipinski definition) is 0. The molecule has 6 nitrogen and oxygen atoms in total. The van der Waals surface area contributed by atoms with Gasteiger partial charge in [-0.25, -0.2) is 8.42 Å². The second kappa shape index (κ2) is 6.09. The van der Waals surface area contributed by atoms with Gasteiger partial charge in [-0.3, -0.25) is 9.58 Å². The smallest absolute Gasteiger partial charge is 0.261 e. The first kappa shape index (κ1) is 15.2. The van der Waals surface area contributed by atoms with E-state index in [9.17, 15) is 8.42 Å². The summed E-state index contributed by atoms with van der Waals surface area (Å²) >= 11 is 9.31. The van der Waals surface area contributed by atoms with Crippen LogP contribution in [0.2, 0.25) is 5.02 Å². The second-order valence-electron chi connectivity index (χ2n) is 4.36. The van der Waals surface area contributed by atoms with Crippen molar-refractivity contribution in [2.45, 2.75) is 5.03 Å². The molecule has 1 saturated heterocycles. The third kappa shape index (κ3) is 3.13. The summed E-state index contributed by atoms with van der Waals surface area (Å²) < 4.78 is 27.8. The van der Waals surface area contributed by atoms with E-state index in [-0.39, 0.29) is 10.0 Å². The van der Waals surface area contributed by atoms with E-state index in [1.165, 1.54) is 15.2 Å². The lowest BCUT2D eigenvalue weighted by Crippen LogP contribution is -2.49. The number of halogens is 2. The highest BCUT2D eigenvalue weighted by Gasteiger charge is 2.32. The van der Waals surface area contributed by atoms with Crippen LogP contribution in [0, 0.1) is 0 Å². The number of alkyl halides is 1. The van der Waals surface area contributed by atoms with Crippen LogP contribution in [0.3, 0.4) is 0 Å². The van der Waals surface area contributed by atoms with Crippen molar-refractivity contribution in [1.29, 1.82) is 0 Å². The van der Waals surface area contributed by atoms with Gasteiger partial charge in [0.2, 0.25) is 0 Å². The fraction of sp³-hybridized carbons (Fsp3) is 0.700. The van der Waals surface area contributed by atoms with E-state index in [0.29, 0.717) is 13.1 Å². The van der Waals surface area contributed by atoms with E-state index in [4.69, 9.17) is 11.6 Å². The SMILES string of the molecule is Cn1ncc(Cl)c1S(=O)(=O)N1CCN(CCBr)CC1. The van der Waals surface area contributed by atoms with Gasteiger partial charge in [-0.2, -0.15) is 9.40 Å². The van der Waals surface area contributed by atoms with Crippen molar-refractivity contribution >= 4 is 37.6 Å². The quantitative estimate of drug-likeness (QED) is 0.734. The highest BCUT2D eigenvalue weighted by atomic mass is 79.9. The Morgan fingerprint density at radius 1 is 1.37 bits per heavy atom. The van der Waals surface area contributed by atoms with Gasteiger partial charge in [0.25, 0.3) is 10.0 Å². The predicted octanol–water partition coefficient (Wildman–Crippen LogP) is 0.775. The van der Waals surface area contributed by atoms with Gasteiger partial charge in [-0.15, -0.1) is 0 Å². The van der Waals surface area contributed by atoms with E-state index in [1.54, 1.807) is 7.05 Å². The van der Waals surface area contributed by atoms with Gasteiger partial charge in [-0.05, 0) is 0 Å². The molecule has 19 heavy (non-hydrogen) atoms. The Kier molecular flexibility index (Phi) is 4.88. The van der Waals surface area contributed by atoms with Crippen LogP contribution in [0.15, 0.2) is 11.2 Å². The Labute approximate surface area is 126 Å². The molecule has 0 bridgehead atoms. The van der Waals surface area contributed by atoms with Crippen molar-refractivity contribution in [3.05, 3.63) is 11.2 Å². The molecule has 0 amide bonds. The Morgan fingerprint density at radius 3 is 2.47 bits per heavy atom. The number of piperazine rings is 1. The summed E-state index contributed by atoms with van der Waals surface area (Å²) in [5.74, 6) is 0. The molecule has 1 fully saturated rings. The Balaban J connectivity index is 2.15. The minimum Gasteiger partial charge on any atom is -0.300 e. The first-order valence-electron chi connectivity index (χ1n) is 5.93. The molecular weight excluding hydrogens is 356 g/mol. The molecule has 2 heterocycles. The summed E-state index contributed by atoms with van der Waals surface area (Å²) in [5, 5.41) is 5.02. The third-order valence-corrected chi connectivity index (χ3v) is 5.92. The fourth-order valence-electron chi connectivity index (χ4n) is 2.12. The molecule has 1 aliphatic rings. The van der Waals surface area contributed by atoms with Crippen LogP contribution in [0.5, 0.6) is 0 Å². The molecule has 0 atom stereocenters. The van der Waals surface area contributed by atoms with E-state index in [2.05, 4.69) is 25.9 Å². The fourth-order valence-corrected chi connectivity index (χ4v) is 4.65. The van der Waals surface area contributed by atoms with Gasteiger partial charge < -0.3 is 0 Å². The number of hydrogen-bond acceptors (Lipinski definition) is 4. The van der Waals surface area contributed by atoms with E-state index >= 15 is 0 Å². The van der Waals surface area contributed by atoms with Crippen molar-refractivity contribution in [1.82, 2.24) is 19.0 Å². The van der Waals surface area contributed by atoms with E-state index in [0.717, 1.165) is 25.0 Å². The van der Waals surface area contributed by atoms with Gasteiger partial charge in [0, 0.05) is 45.1 Å². The first-order chi connectivity index (χ1) is 8.96. The zero-order valence-electron chi connectivity index (χ0n) is 10.6. The Morgan fingerprint density at radius 2 is 2.00 bits per heavy atom. The molecule has 2 rings (SSSR count). The lowest BCUT2D eigenvalue weighted by atomic mass is 10.4. The van der Waals surface area contributed by atoms with E-state index < -0.39 is 10.0 Å². The lowest BCUT2D eigenvalue weighted by Gasteiger charge is -2.33. The lowest BCUT2D eigenvalue weighted by molar-refractivity contribution is 0.197. The van der Waals surface area contributed by atoms with Crippen molar-refractivity contribution in [2.24, 2.45) is 7.05 Å². The van der Waals surface area contributed by atoms with Crippen LogP contribution >= 0.6 is 27.5 Å². The van der Waals surface area contributed by atoms with Crippen molar-refractivity contribution in [2.75, 3.05) is 38.1 Å². The summed E-state index contributed by atoms with van der Waals surface area (Å²) in [7, 11) is -1.97. The molecule has 1 aliphatic heterocycles. The molecule has 0 unspecified atom stereocenters.